The van der Waals surface area contributed by atoms with Gasteiger partial charge in [0.25, 0.3) is 0 Å². The maximum absolute atomic E-state index is 14.0. The molecule has 1 unspecified atom stereocenters. The lowest BCUT2D eigenvalue weighted by Gasteiger charge is -2.21. The Morgan fingerprint density at radius 2 is 1.67 bits per heavy atom. The van der Waals surface area contributed by atoms with Crippen molar-refractivity contribution in [1.82, 2.24) is 5.32 Å². The Bertz CT molecular complexity index is 660. The third-order valence-corrected chi connectivity index (χ3v) is 3.86. The van der Waals surface area contributed by atoms with Crippen LogP contribution in [0.25, 0.3) is 0 Å². The number of rotatable bonds is 4. The van der Waals surface area contributed by atoms with E-state index in [9.17, 15) is 17.6 Å². The van der Waals surface area contributed by atoms with E-state index in [1.54, 1.807) is 6.92 Å². The van der Waals surface area contributed by atoms with E-state index >= 15 is 0 Å². The van der Waals surface area contributed by atoms with Crippen LogP contribution in [0.2, 0.25) is 0 Å². The van der Waals surface area contributed by atoms with Gasteiger partial charge in [0.15, 0.2) is 11.6 Å². The smallest absolute Gasteiger partial charge is 0.173 e. The van der Waals surface area contributed by atoms with Crippen LogP contribution in [0, 0.1) is 23.3 Å². The highest BCUT2D eigenvalue weighted by Crippen LogP contribution is 2.32. The molecule has 0 heterocycles. The highest BCUT2D eigenvalue weighted by atomic mass is 79.9. The van der Waals surface area contributed by atoms with E-state index in [2.05, 4.69) is 21.2 Å². The van der Waals surface area contributed by atoms with Crippen LogP contribution in [0.4, 0.5) is 17.6 Å². The van der Waals surface area contributed by atoms with Crippen molar-refractivity contribution in [3.63, 3.8) is 0 Å². The minimum atomic E-state index is -1.04. The molecule has 0 spiro atoms. The fourth-order valence-corrected chi connectivity index (χ4v) is 2.64. The van der Waals surface area contributed by atoms with E-state index in [4.69, 9.17) is 0 Å². The topological polar surface area (TPSA) is 12.0 Å². The van der Waals surface area contributed by atoms with Crippen molar-refractivity contribution in [2.24, 2.45) is 0 Å². The van der Waals surface area contributed by atoms with Gasteiger partial charge in [0.1, 0.15) is 11.6 Å². The summed E-state index contributed by atoms with van der Waals surface area (Å²) in [6, 6.07) is 4.77. The lowest BCUT2D eigenvalue weighted by molar-refractivity contribution is 0.495. The summed E-state index contributed by atoms with van der Waals surface area (Å²) in [4.78, 5) is 0. The van der Waals surface area contributed by atoms with Crippen LogP contribution in [-0.2, 0) is 0 Å². The fourth-order valence-electron chi connectivity index (χ4n) is 2.09. The molecule has 112 valence electrons. The molecule has 1 N–H and O–H groups in total. The molecule has 0 bridgehead atoms. The third-order valence-electron chi connectivity index (χ3n) is 3.06. The Balaban J connectivity index is 2.56. The molecule has 2 aromatic rings. The molecule has 0 amide bonds. The Kier molecular flexibility index (Phi) is 5.00. The normalized spacial score (nSPS) is 12.5. The summed E-state index contributed by atoms with van der Waals surface area (Å²) in [5.74, 6) is -3.49. The molecule has 2 rings (SSSR count). The summed E-state index contributed by atoms with van der Waals surface area (Å²) < 4.78 is 53.8. The molecule has 2 aromatic carbocycles. The predicted molar refractivity (Wildman–Crippen MR) is 75.9 cm³/mol. The zero-order valence-electron chi connectivity index (χ0n) is 11.1. The molecule has 21 heavy (non-hydrogen) atoms. The zero-order chi connectivity index (χ0) is 15.6. The molecule has 0 saturated heterocycles. The van der Waals surface area contributed by atoms with Crippen molar-refractivity contribution < 1.29 is 17.6 Å². The molecular weight excluding hydrogens is 350 g/mol. The van der Waals surface area contributed by atoms with Crippen molar-refractivity contribution in [2.75, 3.05) is 6.54 Å². The molecule has 1 atom stereocenters. The molecule has 1 nitrogen and oxygen atoms in total. The van der Waals surface area contributed by atoms with Gasteiger partial charge in [-0.15, -0.1) is 0 Å². The minimum Gasteiger partial charge on any atom is -0.306 e. The molecular formula is C15H12BrF4N. The Morgan fingerprint density at radius 1 is 1.00 bits per heavy atom. The second kappa shape index (κ2) is 6.58. The van der Waals surface area contributed by atoms with E-state index in [-0.39, 0.29) is 10.0 Å². The van der Waals surface area contributed by atoms with Crippen LogP contribution in [0.5, 0.6) is 0 Å². The minimum absolute atomic E-state index is 0.0859. The van der Waals surface area contributed by atoms with Gasteiger partial charge in [0, 0.05) is 11.6 Å². The number of nitrogens with one attached hydrogen (secondary N) is 1. The molecule has 0 aliphatic rings. The predicted octanol–water partition coefficient (Wildman–Crippen LogP) is 4.70. The lowest BCUT2D eigenvalue weighted by atomic mass is 9.97. The Hall–Kier alpha value is -1.40. The van der Waals surface area contributed by atoms with E-state index in [0.717, 1.165) is 18.2 Å². The van der Waals surface area contributed by atoms with Gasteiger partial charge < -0.3 is 5.32 Å². The van der Waals surface area contributed by atoms with Gasteiger partial charge in [-0.2, -0.15) is 0 Å². The van der Waals surface area contributed by atoms with Gasteiger partial charge in [-0.05, 0) is 40.2 Å². The Labute approximate surface area is 128 Å². The van der Waals surface area contributed by atoms with Gasteiger partial charge in [-0.3, -0.25) is 0 Å². The summed E-state index contributed by atoms with van der Waals surface area (Å²) in [5.41, 5.74) is 0.492. The second-order valence-corrected chi connectivity index (χ2v) is 5.21. The fraction of sp³-hybridized carbons (Fsp3) is 0.200. The first kappa shape index (κ1) is 16.0. The average Bonchev–Trinajstić information content (AvgIpc) is 2.44. The van der Waals surface area contributed by atoms with Crippen LogP contribution in [0.15, 0.2) is 34.8 Å². The standard InChI is InChI=1S/C15H12BrF4N/c1-2-21-15(9-4-3-8(17)7-12(9)19)10-5-6-11(18)14(20)13(10)16/h3-7,15,21H,2H2,1H3. The van der Waals surface area contributed by atoms with E-state index in [0.29, 0.717) is 12.1 Å². The first-order valence-corrected chi connectivity index (χ1v) is 7.06. The van der Waals surface area contributed by atoms with Crippen molar-refractivity contribution in [1.29, 1.82) is 0 Å². The maximum atomic E-state index is 14.0. The monoisotopic (exact) mass is 361 g/mol. The zero-order valence-corrected chi connectivity index (χ0v) is 12.6. The van der Waals surface area contributed by atoms with E-state index < -0.39 is 29.3 Å². The van der Waals surface area contributed by atoms with Crippen LogP contribution in [0.1, 0.15) is 24.1 Å². The number of hydrogen-bond acceptors (Lipinski definition) is 1. The van der Waals surface area contributed by atoms with Gasteiger partial charge in [0.05, 0.1) is 10.5 Å². The van der Waals surface area contributed by atoms with Crippen LogP contribution >= 0.6 is 15.9 Å². The first-order chi connectivity index (χ1) is 9.95. The van der Waals surface area contributed by atoms with Crippen molar-refractivity contribution in [3.05, 3.63) is 69.2 Å². The third kappa shape index (κ3) is 3.27. The molecule has 0 aliphatic carbocycles. The van der Waals surface area contributed by atoms with Gasteiger partial charge in [-0.1, -0.05) is 19.1 Å². The van der Waals surface area contributed by atoms with Crippen molar-refractivity contribution in [3.8, 4) is 0 Å². The van der Waals surface area contributed by atoms with Gasteiger partial charge >= 0.3 is 0 Å². The van der Waals surface area contributed by atoms with Crippen LogP contribution in [-0.4, -0.2) is 6.54 Å². The van der Waals surface area contributed by atoms with Crippen LogP contribution in [0.3, 0.4) is 0 Å². The van der Waals surface area contributed by atoms with Crippen molar-refractivity contribution >= 4 is 15.9 Å². The molecule has 0 aromatic heterocycles. The van der Waals surface area contributed by atoms with Crippen molar-refractivity contribution in [2.45, 2.75) is 13.0 Å². The molecule has 0 fully saturated rings. The Morgan fingerprint density at radius 3 is 2.29 bits per heavy atom. The summed E-state index contributed by atoms with van der Waals surface area (Å²) in [6.07, 6.45) is 0. The van der Waals surface area contributed by atoms with Gasteiger partial charge in [0.2, 0.25) is 0 Å². The highest BCUT2D eigenvalue weighted by molar-refractivity contribution is 9.10. The largest absolute Gasteiger partial charge is 0.306 e. The van der Waals surface area contributed by atoms with E-state index in [1.165, 1.54) is 12.1 Å². The lowest BCUT2D eigenvalue weighted by Crippen LogP contribution is -2.24. The average molecular weight is 362 g/mol. The number of benzene rings is 2. The van der Waals surface area contributed by atoms with Crippen LogP contribution < -0.4 is 5.32 Å². The SMILES string of the molecule is CCNC(c1ccc(F)cc1F)c1ccc(F)c(F)c1Br. The number of hydrogen-bond donors (Lipinski definition) is 1. The highest BCUT2D eigenvalue weighted by Gasteiger charge is 2.22. The first-order valence-electron chi connectivity index (χ1n) is 6.27. The van der Waals surface area contributed by atoms with Gasteiger partial charge in [-0.25, -0.2) is 17.6 Å². The summed E-state index contributed by atoms with van der Waals surface area (Å²) >= 11 is 2.99. The number of halogens is 5. The summed E-state index contributed by atoms with van der Waals surface area (Å²) in [6.45, 7) is 2.26. The molecule has 0 aliphatic heterocycles. The quantitative estimate of drug-likeness (QED) is 0.614. The second-order valence-electron chi connectivity index (χ2n) is 4.42. The summed E-state index contributed by atoms with van der Waals surface area (Å²) in [5, 5.41) is 2.98. The summed E-state index contributed by atoms with van der Waals surface area (Å²) in [7, 11) is 0. The van der Waals surface area contributed by atoms with E-state index in [1.807, 2.05) is 0 Å². The molecule has 6 heteroatoms. The molecule has 0 radical (unpaired) electrons. The molecule has 0 saturated carbocycles. The maximum Gasteiger partial charge on any atom is 0.173 e.